The summed E-state index contributed by atoms with van der Waals surface area (Å²) in [5.74, 6) is -0.338. The standard InChI is InChI=1S/C18H20F2N2O3/c1-10-2-3-11-9-17(6-4-12(5-7-17)25-15(19)20)18(13(11)8-10)14(23)21-16(24)22-18/h2-3,8,12,15H,4-7,9H2,1H3,(H2,21,22,23,24). The van der Waals surface area contributed by atoms with Crippen LogP contribution in [0.5, 0.6) is 0 Å². The van der Waals surface area contributed by atoms with Crippen molar-refractivity contribution in [2.45, 2.75) is 57.3 Å². The maximum Gasteiger partial charge on any atom is 0.345 e. The van der Waals surface area contributed by atoms with Crippen molar-refractivity contribution < 1.29 is 23.1 Å². The number of hydrogen-bond acceptors (Lipinski definition) is 3. The van der Waals surface area contributed by atoms with Gasteiger partial charge in [-0.1, -0.05) is 23.8 Å². The molecule has 1 aromatic carbocycles. The summed E-state index contributed by atoms with van der Waals surface area (Å²) in [6.45, 7) is -0.841. The molecule has 1 saturated heterocycles. The number of nitrogens with one attached hydrogen (secondary N) is 2. The number of benzene rings is 1. The van der Waals surface area contributed by atoms with E-state index in [4.69, 9.17) is 0 Å². The number of urea groups is 1. The Labute approximate surface area is 144 Å². The number of ether oxygens (including phenoxy) is 1. The van der Waals surface area contributed by atoms with Crippen molar-refractivity contribution in [2.24, 2.45) is 5.41 Å². The SMILES string of the molecule is Cc1ccc2c(c1)C1(NC(=O)NC1=O)C1(CCC(OC(F)F)CC1)C2. The topological polar surface area (TPSA) is 67.4 Å². The van der Waals surface area contributed by atoms with E-state index >= 15 is 0 Å². The molecule has 3 amide bonds. The van der Waals surface area contributed by atoms with E-state index in [-0.39, 0.29) is 5.91 Å². The lowest BCUT2D eigenvalue weighted by molar-refractivity contribution is -0.178. The number of hydrogen-bond donors (Lipinski definition) is 2. The molecule has 25 heavy (non-hydrogen) atoms. The third-order valence-electron chi connectivity index (χ3n) is 6.05. The summed E-state index contributed by atoms with van der Waals surface area (Å²) in [6, 6.07) is 5.45. The molecule has 2 fully saturated rings. The first-order chi connectivity index (χ1) is 11.9. The third-order valence-corrected chi connectivity index (χ3v) is 6.05. The number of imide groups is 1. The van der Waals surface area contributed by atoms with Gasteiger partial charge in [-0.3, -0.25) is 10.1 Å². The minimum Gasteiger partial charge on any atom is -0.320 e. The highest BCUT2D eigenvalue weighted by Gasteiger charge is 2.66. The van der Waals surface area contributed by atoms with E-state index in [1.54, 1.807) is 0 Å². The number of halogens is 2. The average molecular weight is 350 g/mol. The lowest BCUT2D eigenvalue weighted by atomic mass is 9.61. The van der Waals surface area contributed by atoms with Crippen molar-refractivity contribution in [2.75, 3.05) is 0 Å². The van der Waals surface area contributed by atoms with Gasteiger partial charge in [0.25, 0.3) is 5.91 Å². The normalized spacial score (nSPS) is 33.8. The molecule has 0 radical (unpaired) electrons. The van der Waals surface area contributed by atoms with Crippen LogP contribution in [0, 0.1) is 12.3 Å². The maximum absolute atomic E-state index is 12.9. The Balaban J connectivity index is 1.74. The van der Waals surface area contributed by atoms with Crippen LogP contribution in [0.3, 0.4) is 0 Å². The van der Waals surface area contributed by atoms with Crippen LogP contribution in [0.15, 0.2) is 18.2 Å². The number of carbonyl (C=O) groups excluding carboxylic acids is 2. The van der Waals surface area contributed by atoms with E-state index in [0.29, 0.717) is 32.1 Å². The number of alkyl halides is 2. The van der Waals surface area contributed by atoms with Gasteiger partial charge in [0.1, 0.15) is 0 Å². The first-order valence-corrected chi connectivity index (χ1v) is 8.53. The molecular weight excluding hydrogens is 330 g/mol. The fraction of sp³-hybridized carbons (Fsp3) is 0.556. The van der Waals surface area contributed by atoms with Gasteiger partial charge < -0.3 is 10.1 Å². The van der Waals surface area contributed by atoms with Crippen LogP contribution < -0.4 is 10.6 Å². The molecule has 1 unspecified atom stereocenters. The summed E-state index contributed by atoms with van der Waals surface area (Å²) in [5, 5.41) is 5.27. The van der Waals surface area contributed by atoms with E-state index < -0.39 is 29.7 Å². The molecule has 1 saturated carbocycles. The highest BCUT2D eigenvalue weighted by atomic mass is 19.3. The number of carbonyl (C=O) groups is 2. The Kier molecular flexibility index (Phi) is 3.61. The largest absolute Gasteiger partial charge is 0.345 e. The maximum atomic E-state index is 12.9. The summed E-state index contributed by atoms with van der Waals surface area (Å²) in [4.78, 5) is 24.8. The molecule has 1 aromatic rings. The van der Waals surface area contributed by atoms with Crippen molar-refractivity contribution in [3.05, 3.63) is 34.9 Å². The van der Waals surface area contributed by atoms with Gasteiger partial charge in [-0.25, -0.2) is 4.79 Å². The van der Waals surface area contributed by atoms with Crippen LogP contribution in [0.25, 0.3) is 0 Å². The van der Waals surface area contributed by atoms with Crippen LogP contribution in [-0.2, 0) is 21.5 Å². The molecule has 7 heteroatoms. The summed E-state index contributed by atoms with van der Waals surface area (Å²) in [7, 11) is 0. The molecule has 0 bridgehead atoms. The van der Waals surface area contributed by atoms with Crippen molar-refractivity contribution >= 4 is 11.9 Å². The number of amides is 3. The van der Waals surface area contributed by atoms with Gasteiger partial charge in [-0.05, 0) is 50.2 Å². The van der Waals surface area contributed by atoms with E-state index in [2.05, 4.69) is 15.4 Å². The van der Waals surface area contributed by atoms with Crippen molar-refractivity contribution in [1.29, 1.82) is 0 Å². The van der Waals surface area contributed by atoms with Crippen LogP contribution in [0.2, 0.25) is 0 Å². The van der Waals surface area contributed by atoms with Gasteiger partial charge >= 0.3 is 12.6 Å². The summed E-state index contributed by atoms with van der Waals surface area (Å²) >= 11 is 0. The molecule has 2 spiro atoms. The summed E-state index contributed by atoms with van der Waals surface area (Å²) in [6.07, 6.45) is 2.13. The first-order valence-electron chi connectivity index (χ1n) is 8.53. The first kappa shape index (κ1) is 16.4. The Morgan fingerprint density at radius 2 is 1.96 bits per heavy atom. The van der Waals surface area contributed by atoms with E-state index in [1.165, 1.54) is 0 Å². The molecular formula is C18H20F2N2O3. The second-order valence-corrected chi connectivity index (χ2v) is 7.37. The monoisotopic (exact) mass is 350 g/mol. The summed E-state index contributed by atoms with van der Waals surface area (Å²) in [5.41, 5.74) is 1.28. The van der Waals surface area contributed by atoms with Crippen LogP contribution in [-0.4, -0.2) is 24.7 Å². The highest BCUT2D eigenvalue weighted by molar-refractivity contribution is 6.08. The van der Waals surface area contributed by atoms with Gasteiger partial charge in [0.05, 0.1) is 6.10 Å². The van der Waals surface area contributed by atoms with Gasteiger partial charge in [0.2, 0.25) is 0 Å². The lowest BCUT2D eigenvalue weighted by Gasteiger charge is -2.46. The molecule has 4 rings (SSSR count). The Morgan fingerprint density at radius 1 is 1.24 bits per heavy atom. The number of rotatable bonds is 2. The smallest absolute Gasteiger partial charge is 0.320 e. The Hall–Kier alpha value is -2.02. The zero-order chi connectivity index (χ0) is 17.8. The lowest BCUT2D eigenvalue weighted by Crippen LogP contribution is -2.56. The molecule has 5 nitrogen and oxygen atoms in total. The van der Waals surface area contributed by atoms with Crippen molar-refractivity contribution in [1.82, 2.24) is 10.6 Å². The highest BCUT2D eigenvalue weighted by Crippen LogP contribution is 2.59. The predicted octanol–water partition coefficient (Wildman–Crippen LogP) is 2.75. The van der Waals surface area contributed by atoms with Gasteiger partial charge in [-0.2, -0.15) is 8.78 Å². The van der Waals surface area contributed by atoms with Crippen LogP contribution in [0.1, 0.15) is 42.4 Å². The minimum absolute atomic E-state index is 0.338. The van der Waals surface area contributed by atoms with Gasteiger partial charge in [0.15, 0.2) is 5.54 Å². The second kappa shape index (κ2) is 5.49. The number of fused-ring (bicyclic) bond motifs is 3. The third kappa shape index (κ3) is 2.28. The Bertz CT molecular complexity index is 744. The van der Waals surface area contributed by atoms with Gasteiger partial charge in [0, 0.05) is 5.41 Å². The van der Waals surface area contributed by atoms with Crippen LogP contribution in [0.4, 0.5) is 13.6 Å². The molecule has 3 aliphatic rings. The van der Waals surface area contributed by atoms with E-state index in [0.717, 1.165) is 16.7 Å². The summed E-state index contributed by atoms with van der Waals surface area (Å²) < 4.78 is 29.7. The van der Waals surface area contributed by atoms with E-state index in [1.807, 2.05) is 25.1 Å². The molecule has 1 heterocycles. The van der Waals surface area contributed by atoms with E-state index in [9.17, 15) is 18.4 Å². The van der Waals surface area contributed by atoms with Gasteiger partial charge in [-0.15, -0.1) is 0 Å². The molecule has 1 atom stereocenters. The predicted molar refractivity (Wildman–Crippen MR) is 85.0 cm³/mol. The number of aryl methyl sites for hydroxylation is 1. The van der Waals surface area contributed by atoms with Crippen LogP contribution >= 0.6 is 0 Å². The molecule has 1 aliphatic heterocycles. The van der Waals surface area contributed by atoms with Crippen molar-refractivity contribution in [3.63, 3.8) is 0 Å². The zero-order valence-corrected chi connectivity index (χ0v) is 13.9. The Morgan fingerprint density at radius 3 is 2.56 bits per heavy atom. The average Bonchev–Trinajstić information content (AvgIpc) is 2.99. The molecule has 134 valence electrons. The quantitative estimate of drug-likeness (QED) is 0.806. The molecule has 0 aromatic heterocycles. The fourth-order valence-corrected chi connectivity index (χ4v) is 4.97. The molecule has 2 aliphatic carbocycles. The molecule has 2 N–H and O–H groups in total. The fourth-order valence-electron chi connectivity index (χ4n) is 4.97. The zero-order valence-electron chi connectivity index (χ0n) is 13.9. The second-order valence-electron chi connectivity index (χ2n) is 7.37. The minimum atomic E-state index is -2.79. The van der Waals surface area contributed by atoms with Crippen molar-refractivity contribution in [3.8, 4) is 0 Å².